The molecule has 8 nitrogen and oxygen atoms in total. The Hall–Kier alpha value is -5.55. The molecule has 250 valence electrons. The number of nitrogens with two attached hydrogens (primary N) is 1. The molecule has 0 atom stereocenters. The fourth-order valence-corrected chi connectivity index (χ4v) is 6.09. The molecule has 0 fully saturated rings. The number of amides is 2. The summed E-state index contributed by atoms with van der Waals surface area (Å²) in [5, 5.41) is 12.0. The highest BCUT2D eigenvalue weighted by Crippen LogP contribution is 2.44. The Morgan fingerprint density at radius 1 is 0.837 bits per heavy atom. The van der Waals surface area contributed by atoms with E-state index in [4.69, 9.17) is 16.1 Å². The van der Waals surface area contributed by atoms with Crippen molar-refractivity contribution in [2.45, 2.75) is 70.8 Å². The Morgan fingerprint density at radius 3 is 2.27 bits per heavy atom. The maximum atomic E-state index is 12.1. The SMILES string of the molecule is C=[N+]1C=Nc2c(c(-c3ccccc3)c(-c3ccccc3)n2Cc2cccc(C#CCCCCNC(=O)CCCCCCCC(N)=O)c2)C1=N. The third-order valence-electron chi connectivity index (χ3n) is 8.57. The summed E-state index contributed by atoms with van der Waals surface area (Å²) < 4.78 is 3.72. The third-order valence-corrected chi connectivity index (χ3v) is 8.57. The fourth-order valence-electron chi connectivity index (χ4n) is 6.09. The first-order valence-electron chi connectivity index (χ1n) is 17.2. The largest absolute Gasteiger partial charge is 0.370 e. The van der Waals surface area contributed by atoms with Gasteiger partial charge in [-0.15, -0.1) is 0 Å². The van der Waals surface area contributed by atoms with Gasteiger partial charge in [-0.05, 0) is 54.5 Å². The normalized spacial score (nSPS) is 11.9. The van der Waals surface area contributed by atoms with Gasteiger partial charge in [-0.1, -0.05) is 109 Å². The molecule has 2 amide bonds. The number of rotatable bonds is 16. The molecule has 49 heavy (non-hydrogen) atoms. The molecule has 0 unspecified atom stereocenters. The molecule has 4 aromatic rings. The van der Waals surface area contributed by atoms with Crippen molar-refractivity contribution < 1.29 is 14.2 Å². The Kier molecular flexibility index (Phi) is 12.5. The summed E-state index contributed by atoms with van der Waals surface area (Å²) in [4.78, 5) is 27.7. The summed E-state index contributed by atoms with van der Waals surface area (Å²) in [6.07, 6.45) is 9.85. The van der Waals surface area contributed by atoms with E-state index in [2.05, 4.69) is 64.8 Å². The smallest absolute Gasteiger partial charge is 0.271 e. The summed E-state index contributed by atoms with van der Waals surface area (Å²) in [6, 6.07) is 28.8. The number of carbonyl (C=O) groups is 2. The van der Waals surface area contributed by atoms with Crippen LogP contribution < -0.4 is 11.1 Å². The lowest BCUT2D eigenvalue weighted by atomic mass is 9.96. The molecule has 0 spiro atoms. The van der Waals surface area contributed by atoms with Crippen LogP contribution in [0.1, 0.15) is 80.9 Å². The number of nitrogens with zero attached hydrogens (tertiary/aromatic N) is 3. The zero-order valence-electron chi connectivity index (χ0n) is 28.1. The molecule has 4 N–H and O–H groups in total. The van der Waals surface area contributed by atoms with Gasteiger partial charge in [-0.25, -0.2) is 4.58 Å². The van der Waals surface area contributed by atoms with Crippen molar-refractivity contribution in [2.75, 3.05) is 6.54 Å². The van der Waals surface area contributed by atoms with Crippen LogP contribution in [0.5, 0.6) is 0 Å². The maximum Gasteiger partial charge on any atom is 0.271 e. The van der Waals surface area contributed by atoms with Crippen molar-refractivity contribution in [3.63, 3.8) is 0 Å². The van der Waals surface area contributed by atoms with E-state index in [9.17, 15) is 9.59 Å². The first-order chi connectivity index (χ1) is 23.9. The van der Waals surface area contributed by atoms with Crippen LogP contribution in [-0.2, 0) is 16.1 Å². The Bertz CT molecular complexity index is 1880. The first kappa shape index (κ1) is 34.8. The molecule has 0 bridgehead atoms. The van der Waals surface area contributed by atoms with Gasteiger partial charge in [0.1, 0.15) is 5.56 Å². The minimum Gasteiger partial charge on any atom is -0.370 e. The number of amidine groups is 1. The van der Waals surface area contributed by atoms with Gasteiger partial charge in [-0.2, -0.15) is 5.41 Å². The van der Waals surface area contributed by atoms with Crippen LogP contribution in [0, 0.1) is 17.3 Å². The van der Waals surface area contributed by atoms with Gasteiger partial charge in [0.15, 0.2) is 0 Å². The summed E-state index contributed by atoms with van der Waals surface area (Å²) in [7, 11) is 0. The molecule has 3 aromatic carbocycles. The molecule has 0 radical (unpaired) electrons. The molecule has 1 aliphatic rings. The summed E-state index contributed by atoms with van der Waals surface area (Å²) in [6.45, 7) is 5.23. The van der Waals surface area contributed by atoms with E-state index in [-0.39, 0.29) is 11.8 Å². The molecule has 8 heteroatoms. The van der Waals surface area contributed by atoms with Gasteiger partial charge < -0.3 is 15.6 Å². The van der Waals surface area contributed by atoms with E-state index in [0.717, 1.165) is 96.3 Å². The molecular formula is C41H45N6O2+. The highest BCUT2D eigenvalue weighted by Gasteiger charge is 2.34. The summed E-state index contributed by atoms with van der Waals surface area (Å²) in [5.41, 5.74) is 12.0. The van der Waals surface area contributed by atoms with E-state index >= 15 is 0 Å². The van der Waals surface area contributed by atoms with Crippen molar-refractivity contribution in [1.82, 2.24) is 9.88 Å². The van der Waals surface area contributed by atoms with Gasteiger partial charge in [-0.3, -0.25) is 9.59 Å². The molecule has 0 saturated heterocycles. The van der Waals surface area contributed by atoms with Gasteiger partial charge >= 0.3 is 0 Å². The van der Waals surface area contributed by atoms with Crippen molar-refractivity contribution in [3.8, 4) is 34.2 Å². The molecule has 5 rings (SSSR count). The maximum absolute atomic E-state index is 12.1. The number of primary amides is 1. The van der Waals surface area contributed by atoms with Crippen molar-refractivity contribution in [3.05, 3.63) is 102 Å². The number of nitrogens with one attached hydrogen (secondary N) is 2. The van der Waals surface area contributed by atoms with Crippen LogP contribution in [0.4, 0.5) is 5.82 Å². The number of aromatic nitrogens is 1. The topological polar surface area (TPSA) is 116 Å². The number of benzene rings is 3. The Labute approximate surface area is 289 Å². The lowest BCUT2D eigenvalue weighted by Gasteiger charge is -2.13. The van der Waals surface area contributed by atoms with E-state index < -0.39 is 0 Å². The average Bonchev–Trinajstić information content (AvgIpc) is 3.44. The van der Waals surface area contributed by atoms with E-state index in [1.54, 1.807) is 6.34 Å². The van der Waals surface area contributed by atoms with Gasteiger partial charge in [0.2, 0.25) is 24.0 Å². The zero-order chi connectivity index (χ0) is 34.4. The second kappa shape index (κ2) is 17.6. The number of aliphatic imine (C=N–C) groups is 1. The van der Waals surface area contributed by atoms with Crippen molar-refractivity contribution in [1.29, 1.82) is 5.41 Å². The summed E-state index contributed by atoms with van der Waals surface area (Å²) >= 11 is 0. The molecule has 1 aromatic heterocycles. The van der Waals surface area contributed by atoms with Gasteiger partial charge in [0, 0.05) is 43.7 Å². The Morgan fingerprint density at radius 2 is 1.53 bits per heavy atom. The van der Waals surface area contributed by atoms with Crippen LogP contribution >= 0.6 is 0 Å². The average molecular weight is 654 g/mol. The second-order valence-corrected chi connectivity index (χ2v) is 12.3. The highest BCUT2D eigenvalue weighted by molar-refractivity contribution is 6.10. The van der Waals surface area contributed by atoms with Crippen molar-refractivity contribution in [2.24, 2.45) is 10.7 Å². The van der Waals surface area contributed by atoms with Crippen molar-refractivity contribution >= 4 is 36.5 Å². The standard InChI is InChI=1S/C41H44N6O2/c1-46-30-45-41-38(40(46)43)37(33-21-10-7-11-22-33)39(34-23-12-8-13-24-34)47(41)29-32-20-17-19-31(28-32)18-9-5-6-16-27-44-36(49)26-15-4-2-3-14-25-35(42)48/h7-8,10-13,17,19-24,28,30,43H,1-6,14-16,25-27,29H2,(H2-,42,44,48,49)/p+1. The van der Waals surface area contributed by atoms with Gasteiger partial charge in [0.05, 0.1) is 12.2 Å². The van der Waals surface area contributed by atoms with Crippen LogP contribution in [0.3, 0.4) is 0 Å². The predicted octanol–water partition coefficient (Wildman–Crippen LogP) is 7.44. The van der Waals surface area contributed by atoms with Crippen LogP contribution in [0.2, 0.25) is 0 Å². The third kappa shape index (κ3) is 9.51. The molecule has 0 saturated carbocycles. The van der Waals surface area contributed by atoms with Gasteiger partial charge in [0.25, 0.3) is 5.84 Å². The molecule has 0 aliphatic carbocycles. The monoisotopic (exact) mass is 653 g/mol. The Balaban J connectivity index is 1.21. The number of fused-ring (bicyclic) bond motifs is 1. The lowest BCUT2D eigenvalue weighted by molar-refractivity contribution is -0.246. The van der Waals surface area contributed by atoms with E-state index in [1.807, 2.05) is 48.5 Å². The fraction of sp³-hybridized carbons (Fsp3) is 0.293. The molecule has 1 aliphatic heterocycles. The van der Waals surface area contributed by atoms with E-state index in [0.29, 0.717) is 31.8 Å². The zero-order valence-corrected chi connectivity index (χ0v) is 28.1. The number of hydrogen-bond donors (Lipinski definition) is 3. The second-order valence-electron chi connectivity index (χ2n) is 12.3. The minimum absolute atomic E-state index is 0.0986. The first-order valence-corrected chi connectivity index (χ1v) is 17.2. The number of carbonyl (C=O) groups excluding carboxylic acids is 2. The quantitative estimate of drug-likeness (QED) is 0.0663. The van der Waals surface area contributed by atoms with Crippen LogP contribution in [0.15, 0.2) is 89.9 Å². The highest BCUT2D eigenvalue weighted by atomic mass is 16.1. The lowest BCUT2D eigenvalue weighted by Crippen LogP contribution is -2.23. The summed E-state index contributed by atoms with van der Waals surface area (Å²) in [5.74, 6) is 7.53. The molecular weight excluding hydrogens is 608 g/mol. The number of unbranched alkanes of at least 4 members (excludes halogenated alkanes) is 6. The van der Waals surface area contributed by atoms with Crippen LogP contribution in [0.25, 0.3) is 22.4 Å². The molecule has 2 heterocycles. The van der Waals surface area contributed by atoms with E-state index in [1.165, 1.54) is 4.58 Å². The van der Waals surface area contributed by atoms with Crippen LogP contribution in [-0.4, -0.2) is 46.4 Å². The predicted molar refractivity (Wildman–Crippen MR) is 198 cm³/mol. The number of hydrogen-bond acceptors (Lipinski definition) is 4. The minimum atomic E-state index is -0.247.